The van der Waals surface area contributed by atoms with Crippen molar-refractivity contribution >= 4 is 34.4 Å². The van der Waals surface area contributed by atoms with Crippen molar-refractivity contribution < 1.29 is 32.1 Å². The summed E-state index contributed by atoms with van der Waals surface area (Å²) < 4.78 is 44.1. The summed E-state index contributed by atoms with van der Waals surface area (Å²) in [7, 11) is -4.62. The molecule has 0 aromatic carbocycles. The second-order valence-corrected chi connectivity index (χ2v) is 14.5. The fraction of sp³-hybridized carbons (Fsp3) is 0.760. The van der Waals surface area contributed by atoms with E-state index in [1.807, 2.05) is 41.5 Å². The number of piperidine rings is 1. The lowest BCUT2D eigenvalue weighted by atomic mass is 9.81. The van der Waals surface area contributed by atoms with Crippen molar-refractivity contribution in [1.82, 2.24) is 20.2 Å². The summed E-state index contributed by atoms with van der Waals surface area (Å²) in [6.45, 7) is 16.9. The molecule has 13 heteroatoms. The lowest BCUT2D eigenvalue weighted by molar-refractivity contribution is -0.135. The summed E-state index contributed by atoms with van der Waals surface area (Å²) in [4.78, 5) is 35.4. The van der Waals surface area contributed by atoms with E-state index < -0.39 is 51.1 Å². The van der Waals surface area contributed by atoms with Gasteiger partial charge in [0.1, 0.15) is 11.6 Å². The summed E-state index contributed by atoms with van der Waals surface area (Å²) >= 11 is 0. The molecule has 2 fully saturated rings. The van der Waals surface area contributed by atoms with Crippen LogP contribution >= 0.6 is 0 Å². The molecule has 2 aliphatic rings. The average molecular weight is 553 g/mol. The fourth-order valence-electron chi connectivity index (χ4n) is 4.26. The molecule has 0 saturated carbocycles. The Balaban J connectivity index is 1.72. The first kappa shape index (κ1) is 30.3. The average Bonchev–Trinajstić information content (AvgIpc) is 3.02. The zero-order valence-corrected chi connectivity index (χ0v) is 24.7. The van der Waals surface area contributed by atoms with Gasteiger partial charge >= 0.3 is 13.2 Å². The number of aromatic nitrogens is 2. The molecular formula is C25H41BN4O7S. The number of carbonyl (C=O) groups excluding carboxylic acids is 2. The molecule has 0 bridgehead atoms. The maximum Gasteiger partial charge on any atom is 0.498 e. The number of hydrogen-bond acceptors (Lipinski definition) is 9. The molecule has 3 rings (SSSR count). The van der Waals surface area contributed by atoms with Crippen LogP contribution in [0.3, 0.4) is 0 Å². The number of nitrogens with one attached hydrogen (secondary N) is 1. The summed E-state index contributed by atoms with van der Waals surface area (Å²) in [5, 5.41) is 1.48. The zero-order chi connectivity index (χ0) is 28.7. The molecule has 212 valence electrons. The van der Waals surface area contributed by atoms with Gasteiger partial charge < -0.3 is 24.3 Å². The third-order valence-electron chi connectivity index (χ3n) is 7.16. The van der Waals surface area contributed by atoms with E-state index in [-0.39, 0.29) is 23.5 Å². The highest BCUT2D eigenvalue weighted by Gasteiger charge is 2.52. The fourth-order valence-corrected chi connectivity index (χ4v) is 5.81. The number of sulfone groups is 1. The number of hydrogen-bond donors (Lipinski definition) is 1. The van der Waals surface area contributed by atoms with Gasteiger partial charge in [-0.25, -0.2) is 23.2 Å². The van der Waals surface area contributed by atoms with E-state index in [9.17, 15) is 18.0 Å². The van der Waals surface area contributed by atoms with Crippen LogP contribution < -0.4 is 10.8 Å². The van der Waals surface area contributed by atoms with E-state index in [4.69, 9.17) is 14.0 Å². The van der Waals surface area contributed by atoms with Gasteiger partial charge in [-0.1, -0.05) is 13.8 Å². The van der Waals surface area contributed by atoms with Crippen molar-refractivity contribution in [1.29, 1.82) is 0 Å². The standard InChI is InChI=1S/C25H41BN4O7S/c1-16(2)19(29-22(32)35-23(3,4)5)20(31)30-12-10-11-18(15-30)38(33,34)21-27-13-17(14-28-21)26-36-24(6,7)25(8,9)37-26/h13-14,16,18-19H,10-12,15H2,1-9H3,(H,29,32)/t18-,19-/m0/s1. The smallest absolute Gasteiger partial charge is 0.444 e. The predicted molar refractivity (Wildman–Crippen MR) is 143 cm³/mol. The Morgan fingerprint density at radius 1 is 1.13 bits per heavy atom. The molecule has 1 N–H and O–H groups in total. The number of likely N-dealkylation sites (tertiary alicyclic amines) is 1. The molecular weight excluding hydrogens is 511 g/mol. The third-order valence-corrected chi connectivity index (χ3v) is 9.14. The number of amides is 2. The van der Waals surface area contributed by atoms with E-state index in [1.54, 1.807) is 20.8 Å². The number of carbonyl (C=O) groups is 2. The first-order valence-corrected chi connectivity index (χ1v) is 14.6. The second-order valence-electron chi connectivity index (χ2n) is 12.3. The minimum Gasteiger partial charge on any atom is -0.444 e. The number of alkyl carbamates (subject to hydrolysis) is 1. The van der Waals surface area contributed by atoms with E-state index in [0.717, 1.165) is 0 Å². The highest BCUT2D eigenvalue weighted by atomic mass is 32.2. The lowest BCUT2D eigenvalue weighted by Crippen LogP contribution is -2.55. The molecule has 0 unspecified atom stereocenters. The molecule has 3 heterocycles. The van der Waals surface area contributed by atoms with Crippen LogP contribution in [-0.2, 0) is 28.7 Å². The summed E-state index contributed by atoms with van der Waals surface area (Å²) in [5.74, 6) is -0.569. The Bertz CT molecular complexity index is 1120. The van der Waals surface area contributed by atoms with Crippen LogP contribution in [0.5, 0.6) is 0 Å². The normalized spacial score (nSPS) is 22.3. The van der Waals surface area contributed by atoms with Crippen LogP contribution in [0.15, 0.2) is 17.6 Å². The Morgan fingerprint density at radius 3 is 2.18 bits per heavy atom. The predicted octanol–water partition coefficient (Wildman–Crippen LogP) is 2.09. The largest absolute Gasteiger partial charge is 0.498 e. The molecule has 2 aliphatic heterocycles. The van der Waals surface area contributed by atoms with Crippen LogP contribution in [0.4, 0.5) is 4.79 Å². The van der Waals surface area contributed by atoms with Crippen LogP contribution in [-0.4, -0.2) is 83.6 Å². The highest BCUT2D eigenvalue weighted by molar-refractivity contribution is 7.91. The van der Waals surface area contributed by atoms with Gasteiger partial charge in [0, 0.05) is 30.9 Å². The Kier molecular flexibility index (Phi) is 8.55. The SMILES string of the molecule is CC(C)[C@H](NC(=O)OC(C)(C)C)C(=O)N1CCC[C@H](S(=O)(=O)c2ncc(B3OC(C)(C)C(C)(C)O3)cn2)C1. The molecule has 11 nitrogen and oxygen atoms in total. The van der Waals surface area contributed by atoms with Crippen LogP contribution in [0, 0.1) is 5.92 Å². The van der Waals surface area contributed by atoms with Gasteiger partial charge in [-0.3, -0.25) is 4.79 Å². The molecule has 0 radical (unpaired) electrons. The monoisotopic (exact) mass is 552 g/mol. The Hall–Kier alpha value is -2.25. The molecule has 0 aliphatic carbocycles. The third kappa shape index (κ3) is 6.66. The molecule has 2 amide bonds. The van der Waals surface area contributed by atoms with Crippen molar-refractivity contribution in [3.63, 3.8) is 0 Å². The van der Waals surface area contributed by atoms with Gasteiger partial charge in [-0.15, -0.1) is 0 Å². The maximum absolute atomic E-state index is 13.4. The second kappa shape index (κ2) is 10.7. The van der Waals surface area contributed by atoms with Crippen LogP contribution in [0.2, 0.25) is 0 Å². The molecule has 0 spiro atoms. The molecule has 1 aromatic heterocycles. The molecule has 2 atom stereocenters. The van der Waals surface area contributed by atoms with Gasteiger partial charge in [0.2, 0.25) is 20.9 Å². The van der Waals surface area contributed by atoms with Crippen molar-refractivity contribution in [3.05, 3.63) is 12.4 Å². The quantitative estimate of drug-likeness (QED) is 0.415. The number of nitrogens with zero attached hydrogens (tertiary/aromatic N) is 3. The summed E-state index contributed by atoms with van der Waals surface area (Å²) in [6, 6.07) is -0.846. The van der Waals surface area contributed by atoms with E-state index in [1.165, 1.54) is 17.3 Å². The lowest BCUT2D eigenvalue weighted by Gasteiger charge is -2.35. The number of rotatable bonds is 6. The van der Waals surface area contributed by atoms with Gasteiger partial charge in [-0.05, 0) is 67.2 Å². The van der Waals surface area contributed by atoms with Crippen molar-refractivity contribution in [3.8, 4) is 0 Å². The topological polar surface area (TPSA) is 137 Å². The molecule has 1 aromatic rings. The number of ether oxygens (including phenoxy) is 1. The van der Waals surface area contributed by atoms with Gasteiger partial charge in [0.25, 0.3) is 0 Å². The minimum atomic E-state index is -3.92. The van der Waals surface area contributed by atoms with E-state index >= 15 is 0 Å². The highest BCUT2D eigenvalue weighted by Crippen LogP contribution is 2.36. The minimum absolute atomic E-state index is 0.0112. The van der Waals surface area contributed by atoms with E-state index in [2.05, 4.69) is 15.3 Å². The van der Waals surface area contributed by atoms with E-state index in [0.29, 0.717) is 24.8 Å². The first-order chi connectivity index (χ1) is 17.3. The maximum atomic E-state index is 13.4. The first-order valence-electron chi connectivity index (χ1n) is 13.0. The zero-order valence-electron chi connectivity index (χ0n) is 23.9. The Labute approximate surface area is 226 Å². The summed E-state index contributed by atoms with van der Waals surface area (Å²) in [5.41, 5.74) is -1.29. The van der Waals surface area contributed by atoms with Crippen LogP contribution in [0.25, 0.3) is 0 Å². The Morgan fingerprint density at radius 2 is 1.68 bits per heavy atom. The van der Waals surface area contributed by atoms with Crippen molar-refractivity contribution in [2.75, 3.05) is 13.1 Å². The molecule has 2 saturated heterocycles. The van der Waals surface area contributed by atoms with Crippen molar-refractivity contribution in [2.45, 2.75) is 108 Å². The van der Waals surface area contributed by atoms with Crippen LogP contribution in [0.1, 0.15) is 75.2 Å². The summed E-state index contributed by atoms with van der Waals surface area (Å²) in [6.07, 6.45) is 3.00. The molecule has 38 heavy (non-hydrogen) atoms. The van der Waals surface area contributed by atoms with Crippen molar-refractivity contribution in [2.24, 2.45) is 5.92 Å². The van der Waals surface area contributed by atoms with Gasteiger partial charge in [0.05, 0.1) is 16.5 Å². The van der Waals surface area contributed by atoms with Gasteiger partial charge in [0.15, 0.2) is 0 Å². The van der Waals surface area contributed by atoms with Gasteiger partial charge in [-0.2, -0.15) is 0 Å².